The topological polar surface area (TPSA) is 111 Å². The van der Waals surface area contributed by atoms with Crippen LogP contribution < -0.4 is 5.73 Å². The molecule has 1 aliphatic carbocycles. The van der Waals surface area contributed by atoms with Crippen molar-refractivity contribution in [2.75, 3.05) is 0 Å². The first-order valence-corrected chi connectivity index (χ1v) is 11.7. The van der Waals surface area contributed by atoms with E-state index in [2.05, 4.69) is 67.8 Å². The van der Waals surface area contributed by atoms with Gasteiger partial charge in [0.15, 0.2) is 5.65 Å². The fourth-order valence-corrected chi connectivity index (χ4v) is 4.94. The Balaban J connectivity index is 1.47. The number of hydrogen-bond acceptors (Lipinski definition) is 6. The van der Waals surface area contributed by atoms with Gasteiger partial charge in [0.25, 0.3) is 0 Å². The molecule has 0 radical (unpaired) electrons. The zero-order chi connectivity index (χ0) is 23.4. The van der Waals surface area contributed by atoms with E-state index in [1.165, 1.54) is 18.3 Å². The third kappa shape index (κ3) is 3.14. The van der Waals surface area contributed by atoms with Crippen LogP contribution in [0.5, 0.6) is 0 Å². The lowest BCUT2D eigenvalue weighted by Crippen LogP contribution is -2.43. The molecule has 35 heavy (non-hydrogen) atoms. The molecule has 6 aromatic rings. The number of H-pyrrole nitrogens is 1. The number of nitrogens with zero attached hydrogens (tertiary/aromatic N) is 6. The molecular formula is C27H22N8. The Kier molecular flexibility index (Phi) is 4.31. The molecule has 1 fully saturated rings. The number of aromatic amines is 1. The normalized spacial score (nSPS) is 14.9. The molecule has 0 amide bonds. The van der Waals surface area contributed by atoms with Crippen LogP contribution in [-0.4, -0.2) is 34.8 Å². The largest absolute Gasteiger partial charge is 0.321 e. The van der Waals surface area contributed by atoms with Gasteiger partial charge >= 0.3 is 0 Å². The van der Waals surface area contributed by atoms with E-state index in [1.807, 2.05) is 34.7 Å². The van der Waals surface area contributed by atoms with Gasteiger partial charge < -0.3 is 5.73 Å². The fraction of sp³-hybridized carbons (Fsp3) is 0.148. The van der Waals surface area contributed by atoms with Crippen LogP contribution in [0.3, 0.4) is 0 Å². The summed E-state index contributed by atoms with van der Waals surface area (Å²) in [6, 6.07) is 24.9. The molecule has 0 bridgehead atoms. The molecule has 0 saturated heterocycles. The summed E-state index contributed by atoms with van der Waals surface area (Å²) in [5, 5.41) is 15.6. The maximum atomic E-state index is 6.56. The molecule has 0 aliphatic heterocycles. The summed E-state index contributed by atoms with van der Waals surface area (Å²) in [6.07, 6.45) is 4.80. The Morgan fingerprint density at radius 1 is 0.886 bits per heavy atom. The Labute approximate surface area is 200 Å². The van der Waals surface area contributed by atoms with Crippen LogP contribution in [0.15, 0.2) is 79.1 Å². The first kappa shape index (κ1) is 20.0. The lowest BCUT2D eigenvalue weighted by Gasteiger charge is -2.38. The zero-order valence-corrected chi connectivity index (χ0v) is 18.9. The zero-order valence-electron chi connectivity index (χ0n) is 18.9. The average Bonchev–Trinajstić information content (AvgIpc) is 3.57. The minimum atomic E-state index is -0.186. The van der Waals surface area contributed by atoms with Gasteiger partial charge in [0.05, 0.1) is 16.7 Å². The van der Waals surface area contributed by atoms with Gasteiger partial charge in [0, 0.05) is 16.7 Å². The van der Waals surface area contributed by atoms with E-state index in [0.717, 1.165) is 46.3 Å². The summed E-state index contributed by atoms with van der Waals surface area (Å²) in [4.78, 5) is 9.42. The predicted octanol–water partition coefficient (Wildman–Crippen LogP) is 4.73. The summed E-state index contributed by atoms with van der Waals surface area (Å²) < 4.78 is 1.96. The van der Waals surface area contributed by atoms with E-state index in [9.17, 15) is 0 Å². The molecule has 2 aromatic carbocycles. The number of fused-ring (bicyclic) bond motifs is 3. The number of nitrogens with one attached hydrogen (secondary N) is 1. The summed E-state index contributed by atoms with van der Waals surface area (Å²) >= 11 is 0. The number of aromatic nitrogens is 7. The first-order chi connectivity index (χ1) is 17.2. The number of pyridine rings is 2. The van der Waals surface area contributed by atoms with Crippen molar-refractivity contribution in [2.24, 2.45) is 5.73 Å². The van der Waals surface area contributed by atoms with Crippen molar-refractivity contribution in [1.82, 2.24) is 34.8 Å². The van der Waals surface area contributed by atoms with Gasteiger partial charge in [-0.1, -0.05) is 54.6 Å². The van der Waals surface area contributed by atoms with Crippen LogP contribution in [0.1, 0.15) is 24.8 Å². The molecule has 3 N–H and O–H groups in total. The highest BCUT2D eigenvalue weighted by Gasteiger charge is 2.34. The molecule has 4 aromatic heterocycles. The van der Waals surface area contributed by atoms with Gasteiger partial charge in [-0.2, -0.15) is 5.10 Å². The van der Waals surface area contributed by atoms with E-state index in [1.54, 1.807) is 0 Å². The maximum absolute atomic E-state index is 6.56. The molecule has 1 aliphatic rings. The highest BCUT2D eigenvalue weighted by molar-refractivity contribution is 5.91. The van der Waals surface area contributed by atoms with E-state index in [-0.39, 0.29) is 5.54 Å². The molecular weight excluding hydrogens is 436 g/mol. The van der Waals surface area contributed by atoms with Crippen LogP contribution >= 0.6 is 0 Å². The van der Waals surface area contributed by atoms with Crippen molar-refractivity contribution in [3.63, 3.8) is 0 Å². The minimum Gasteiger partial charge on any atom is -0.321 e. The quantitative estimate of drug-likeness (QED) is 0.395. The van der Waals surface area contributed by atoms with Crippen molar-refractivity contribution < 1.29 is 0 Å². The molecule has 4 heterocycles. The van der Waals surface area contributed by atoms with Crippen LogP contribution in [0.25, 0.3) is 50.7 Å². The van der Waals surface area contributed by atoms with Crippen molar-refractivity contribution in [2.45, 2.75) is 24.8 Å². The summed E-state index contributed by atoms with van der Waals surface area (Å²) in [5.74, 6) is 1.05. The molecule has 8 heteroatoms. The minimum absolute atomic E-state index is 0.186. The Morgan fingerprint density at radius 2 is 1.71 bits per heavy atom. The lowest BCUT2D eigenvalue weighted by molar-refractivity contribution is 0.253. The average molecular weight is 459 g/mol. The van der Waals surface area contributed by atoms with Gasteiger partial charge in [0.2, 0.25) is 11.6 Å². The summed E-state index contributed by atoms with van der Waals surface area (Å²) in [5.41, 5.74) is 14.1. The Bertz CT molecular complexity index is 1660. The van der Waals surface area contributed by atoms with E-state index in [4.69, 9.17) is 10.7 Å². The number of hydrogen-bond donors (Lipinski definition) is 2. The van der Waals surface area contributed by atoms with Crippen molar-refractivity contribution in [3.8, 4) is 34.0 Å². The van der Waals surface area contributed by atoms with Gasteiger partial charge in [-0.3, -0.25) is 9.50 Å². The van der Waals surface area contributed by atoms with Crippen molar-refractivity contribution in [3.05, 3.63) is 84.7 Å². The van der Waals surface area contributed by atoms with Gasteiger partial charge in [0.1, 0.15) is 6.33 Å². The van der Waals surface area contributed by atoms with Crippen LogP contribution in [0.2, 0.25) is 0 Å². The standard InChI is InChI=1S/C27H22N8/c28-27(13-4-14-27)19-9-7-18(8-10-19)24-20(17-5-2-1-3-6-17)15-22-21(31-24)11-12-23-32-34-26(35(22)23)25-29-16-30-33-25/h1-3,5-12,15-16H,4,13-14,28H2,(H,29,30,33). The Hall–Kier alpha value is -4.43. The number of nitrogens with two attached hydrogens (primary N) is 1. The highest BCUT2D eigenvalue weighted by atomic mass is 15.3. The SMILES string of the molecule is NC1(c2ccc(-c3nc4ccc5nnc(-c6nc[nH]n6)n5c4cc3-c3ccccc3)cc2)CCC1. The van der Waals surface area contributed by atoms with Gasteiger partial charge in [-0.25, -0.2) is 9.97 Å². The summed E-state index contributed by atoms with van der Waals surface area (Å²) in [6.45, 7) is 0. The predicted molar refractivity (Wildman–Crippen MR) is 134 cm³/mol. The van der Waals surface area contributed by atoms with Gasteiger partial charge in [-0.15, -0.1) is 10.2 Å². The smallest absolute Gasteiger partial charge is 0.219 e. The van der Waals surface area contributed by atoms with Crippen LogP contribution in [0, 0.1) is 0 Å². The molecule has 7 rings (SSSR count). The van der Waals surface area contributed by atoms with E-state index < -0.39 is 0 Å². The van der Waals surface area contributed by atoms with E-state index >= 15 is 0 Å². The lowest BCUT2D eigenvalue weighted by atomic mass is 9.72. The van der Waals surface area contributed by atoms with Crippen LogP contribution in [0.4, 0.5) is 0 Å². The molecule has 0 unspecified atom stereocenters. The molecule has 0 atom stereocenters. The third-order valence-electron chi connectivity index (χ3n) is 7.03. The van der Waals surface area contributed by atoms with Crippen molar-refractivity contribution >= 4 is 16.7 Å². The molecule has 170 valence electrons. The molecule has 8 nitrogen and oxygen atoms in total. The second-order valence-corrected chi connectivity index (χ2v) is 9.12. The van der Waals surface area contributed by atoms with Gasteiger partial charge in [-0.05, 0) is 48.6 Å². The molecule has 0 spiro atoms. The van der Waals surface area contributed by atoms with Crippen LogP contribution in [-0.2, 0) is 5.54 Å². The molecule has 1 saturated carbocycles. The first-order valence-electron chi connectivity index (χ1n) is 11.7. The summed E-state index contributed by atoms with van der Waals surface area (Å²) in [7, 11) is 0. The van der Waals surface area contributed by atoms with Crippen molar-refractivity contribution in [1.29, 1.82) is 0 Å². The Morgan fingerprint density at radius 3 is 2.43 bits per heavy atom. The third-order valence-corrected chi connectivity index (χ3v) is 7.03. The number of benzene rings is 2. The maximum Gasteiger partial charge on any atom is 0.219 e. The number of rotatable bonds is 4. The fourth-order valence-electron chi connectivity index (χ4n) is 4.94. The second-order valence-electron chi connectivity index (χ2n) is 9.12. The van der Waals surface area contributed by atoms with E-state index in [0.29, 0.717) is 17.3 Å². The second kappa shape index (κ2) is 7.54. The highest BCUT2D eigenvalue weighted by Crippen LogP contribution is 2.40. The monoisotopic (exact) mass is 458 g/mol.